The second kappa shape index (κ2) is 3.96. The molecule has 0 radical (unpaired) electrons. The molecule has 1 unspecified atom stereocenters. The summed E-state index contributed by atoms with van der Waals surface area (Å²) in [4.78, 5) is 5.39. The van der Waals surface area contributed by atoms with Gasteiger partial charge in [-0.25, -0.2) is 4.98 Å². The first kappa shape index (κ1) is 11.6. The summed E-state index contributed by atoms with van der Waals surface area (Å²) in [7, 11) is 0. The highest BCUT2D eigenvalue weighted by Crippen LogP contribution is 2.35. The molecule has 0 saturated heterocycles. The third-order valence-electron chi connectivity index (χ3n) is 2.15. The van der Waals surface area contributed by atoms with E-state index in [0.717, 1.165) is 15.6 Å². The Hall–Kier alpha value is -0.450. The first-order valence-corrected chi connectivity index (χ1v) is 5.52. The SMILES string of the molecule is Cc1nc(C(O)C(C)(C)C)sc1CN. The van der Waals surface area contributed by atoms with Crippen molar-refractivity contribution >= 4 is 11.3 Å². The number of aliphatic hydroxyl groups excluding tert-OH is 1. The van der Waals surface area contributed by atoms with Crippen LogP contribution in [0, 0.1) is 12.3 Å². The lowest BCUT2D eigenvalue weighted by Crippen LogP contribution is -2.17. The van der Waals surface area contributed by atoms with Crippen LogP contribution >= 0.6 is 11.3 Å². The summed E-state index contributed by atoms with van der Waals surface area (Å²) in [5.41, 5.74) is 6.33. The van der Waals surface area contributed by atoms with Crippen LogP contribution in [-0.4, -0.2) is 10.1 Å². The van der Waals surface area contributed by atoms with Gasteiger partial charge in [-0.15, -0.1) is 11.3 Å². The van der Waals surface area contributed by atoms with Crippen LogP contribution in [0.2, 0.25) is 0 Å². The molecule has 0 aliphatic carbocycles. The zero-order valence-electron chi connectivity index (χ0n) is 9.16. The monoisotopic (exact) mass is 214 g/mol. The van der Waals surface area contributed by atoms with Crippen LogP contribution < -0.4 is 5.73 Å². The molecule has 1 heterocycles. The molecule has 4 heteroatoms. The topological polar surface area (TPSA) is 59.1 Å². The van der Waals surface area contributed by atoms with E-state index in [2.05, 4.69) is 4.98 Å². The summed E-state index contributed by atoms with van der Waals surface area (Å²) < 4.78 is 0. The second-order valence-electron chi connectivity index (χ2n) is 4.53. The molecule has 0 aromatic carbocycles. The maximum Gasteiger partial charge on any atom is 0.122 e. The maximum absolute atomic E-state index is 10.00. The Labute approximate surface area is 89.0 Å². The molecule has 80 valence electrons. The van der Waals surface area contributed by atoms with Crippen molar-refractivity contribution in [3.05, 3.63) is 15.6 Å². The van der Waals surface area contributed by atoms with Crippen LogP contribution in [0.3, 0.4) is 0 Å². The number of nitrogens with two attached hydrogens (primary N) is 1. The summed E-state index contributed by atoms with van der Waals surface area (Å²) in [6.07, 6.45) is -0.508. The highest BCUT2D eigenvalue weighted by atomic mass is 32.1. The standard InChI is InChI=1S/C10H18N2OS/c1-6-7(5-11)14-9(12-6)8(13)10(2,3)4/h8,13H,5,11H2,1-4H3. The van der Waals surface area contributed by atoms with E-state index in [9.17, 15) is 5.11 Å². The van der Waals surface area contributed by atoms with Crippen molar-refractivity contribution in [2.24, 2.45) is 11.1 Å². The van der Waals surface area contributed by atoms with Crippen LogP contribution in [0.15, 0.2) is 0 Å². The summed E-state index contributed by atoms with van der Waals surface area (Å²) in [6.45, 7) is 8.42. The normalized spacial score (nSPS) is 14.4. The Bertz CT molecular complexity index is 314. The van der Waals surface area contributed by atoms with Gasteiger partial charge >= 0.3 is 0 Å². The Kier molecular flexibility index (Phi) is 3.29. The molecule has 0 bridgehead atoms. The van der Waals surface area contributed by atoms with E-state index in [1.807, 2.05) is 27.7 Å². The molecule has 1 atom stereocenters. The van der Waals surface area contributed by atoms with E-state index in [1.54, 1.807) is 0 Å². The lowest BCUT2D eigenvalue weighted by Gasteiger charge is -2.23. The maximum atomic E-state index is 10.00. The van der Waals surface area contributed by atoms with Gasteiger partial charge in [0.1, 0.15) is 11.1 Å². The van der Waals surface area contributed by atoms with Gasteiger partial charge in [0, 0.05) is 11.4 Å². The zero-order valence-corrected chi connectivity index (χ0v) is 9.98. The highest BCUT2D eigenvalue weighted by Gasteiger charge is 2.27. The summed E-state index contributed by atoms with van der Waals surface area (Å²) in [6, 6.07) is 0. The second-order valence-corrected chi connectivity index (χ2v) is 5.65. The van der Waals surface area contributed by atoms with Crippen molar-refractivity contribution in [1.29, 1.82) is 0 Å². The van der Waals surface area contributed by atoms with Crippen molar-refractivity contribution in [2.75, 3.05) is 0 Å². The quantitative estimate of drug-likeness (QED) is 0.791. The highest BCUT2D eigenvalue weighted by molar-refractivity contribution is 7.11. The Balaban J connectivity index is 2.97. The van der Waals surface area contributed by atoms with Gasteiger partial charge in [0.05, 0.1) is 5.69 Å². The summed E-state index contributed by atoms with van der Waals surface area (Å²) >= 11 is 1.51. The molecular formula is C10H18N2OS. The van der Waals surface area contributed by atoms with E-state index in [1.165, 1.54) is 11.3 Å². The van der Waals surface area contributed by atoms with E-state index in [-0.39, 0.29) is 5.41 Å². The van der Waals surface area contributed by atoms with Gasteiger partial charge in [-0.05, 0) is 12.3 Å². The number of thiazole rings is 1. The summed E-state index contributed by atoms with van der Waals surface area (Å²) in [5.74, 6) is 0. The predicted octanol–water partition coefficient (Wildman–Crippen LogP) is 1.99. The number of aliphatic hydroxyl groups is 1. The zero-order chi connectivity index (χ0) is 10.9. The van der Waals surface area contributed by atoms with E-state index >= 15 is 0 Å². The largest absolute Gasteiger partial charge is 0.385 e. The Morgan fingerprint density at radius 1 is 1.50 bits per heavy atom. The van der Waals surface area contributed by atoms with Gasteiger partial charge in [-0.1, -0.05) is 20.8 Å². The van der Waals surface area contributed by atoms with E-state index in [0.29, 0.717) is 6.54 Å². The van der Waals surface area contributed by atoms with Crippen LogP contribution in [-0.2, 0) is 6.54 Å². The first-order chi connectivity index (χ1) is 6.36. The van der Waals surface area contributed by atoms with Gasteiger partial charge in [0.15, 0.2) is 0 Å². The third-order valence-corrected chi connectivity index (χ3v) is 3.38. The average molecular weight is 214 g/mol. The minimum absolute atomic E-state index is 0.170. The smallest absolute Gasteiger partial charge is 0.122 e. The van der Waals surface area contributed by atoms with Crippen LogP contribution in [0.25, 0.3) is 0 Å². The molecule has 0 aliphatic heterocycles. The van der Waals surface area contributed by atoms with Gasteiger partial charge < -0.3 is 10.8 Å². The lowest BCUT2D eigenvalue weighted by molar-refractivity contribution is 0.0623. The molecule has 0 saturated carbocycles. The molecule has 0 fully saturated rings. The number of rotatable bonds is 2. The first-order valence-electron chi connectivity index (χ1n) is 4.70. The van der Waals surface area contributed by atoms with Gasteiger partial charge in [-0.2, -0.15) is 0 Å². The lowest BCUT2D eigenvalue weighted by atomic mass is 9.90. The number of hydrogen-bond donors (Lipinski definition) is 2. The number of aryl methyl sites for hydroxylation is 1. The molecule has 1 rings (SSSR count). The minimum Gasteiger partial charge on any atom is -0.385 e. The molecule has 1 aromatic rings. The van der Waals surface area contributed by atoms with Gasteiger partial charge in [-0.3, -0.25) is 0 Å². The van der Waals surface area contributed by atoms with Crippen molar-refractivity contribution in [3.8, 4) is 0 Å². The van der Waals surface area contributed by atoms with Gasteiger partial charge in [0.2, 0.25) is 0 Å². The Morgan fingerprint density at radius 2 is 2.07 bits per heavy atom. The molecule has 3 nitrogen and oxygen atoms in total. The fourth-order valence-electron chi connectivity index (χ4n) is 1.13. The molecular weight excluding hydrogens is 196 g/mol. The van der Waals surface area contributed by atoms with E-state index < -0.39 is 6.10 Å². The van der Waals surface area contributed by atoms with E-state index in [4.69, 9.17) is 5.73 Å². The molecule has 0 aliphatic rings. The molecule has 1 aromatic heterocycles. The molecule has 0 spiro atoms. The van der Waals surface area contributed by atoms with Crippen molar-refractivity contribution in [2.45, 2.75) is 40.3 Å². The number of nitrogens with zero attached hydrogens (tertiary/aromatic N) is 1. The van der Waals surface area contributed by atoms with Crippen molar-refractivity contribution in [1.82, 2.24) is 4.98 Å². The van der Waals surface area contributed by atoms with Crippen molar-refractivity contribution in [3.63, 3.8) is 0 Å². The van der Waals surface area contributed by atoms with Crippen molar-refractivity contribution < 1.29 is 5.11 Å². The number of hydrogen-bond acceptors (Lipinski definition) is 4. The minimum atomic E-state index is -0.508. The Morgan fingerprint density at radius 3 is 2.43 bits per heavy atom. The fourth-order valence-corrected chi connectivity index (χ4v) is 2.30. The van der Waals surface area contributed by atoms with Crippen LogP contribution in [0.5, 0.6) is 0 Å². The van der Waals surface area contributed by atoms with Crippen LogP contribution in [0.1, 0.15) is 42.5 Å². The van der Waals surface area contributed by atoms with Gasteiger partial charge in [0.25, 0.3) is 0 Å². The molecule has 0 amide bonds. The van der Waals surface area contributed by atoms with Crippen LogP contribution in [0.4, 0.5) is 0 Å². The predicted molar refractivity (Wildman–Crippen MR) is 59.2 cm³/mol. The fraction of sp³-hybridized carbons (Fsp3) is 0.700. The summed E-state index contributed by atoms with van der Waals surface area (Å²) in [5, 5.41) is 10.8. The third kappa shape index (κ3) is 2.32. The number of aromatic nitrogens is 1. The average Bonchev–Trinajstić information content (AvgIpc) is 2.43. The molecule has 3 N–H and O–H groups in total. The molecule has 14 heavy (non-hydrogen) atoms.